The lowest BCUT2D eigenvalue weighted by atomic mass is 10.1. The van der Waals surface area contributed by atoms with Crippen LogP contribution in [0.25, 0.3) is 0 Å². The molecule has 1 unspecified atom stereocenters. The van der Waals surface area contributed by atoms with Gasteiger partial charge in [0.15, 0.2) is 6.29 Å². The predicted octanol–water partition coefficient (Wildman–Crippen LogP) is 1.27. The van der Waals surface area contributed by atoms with E-state index in [2.05, 4.69) is 5.10 Å². The first kappa shape index (κ1) is 13.8. The molecule has 2 rings (SSSR count). The molecule has 102 valence electrons. The fourth-order valence-electron chi connectivity index (χ4n) is 2.16. The zero-order valence-corrected chi connectivity index (χ0v) is 11.6. The quantitative estimate of drug-likeness (QED) is 0.878. The SMILES string of the molecule is CCc1nn(C)c(CC(N)CC2OCCO2)c1Cl. The van der Waals surface area contributed by atoms with E-state index < -0.39 is 0 Å². The summed E-state index contributed by atoms with van der Waals surface area (Å²) in [5.41, 5.74) is 8.03. The third-order valence-corrected chi connectivity index (χ3v) is 3.58. The largest absolute Gasteiger partial charge is 0.350 e. The smallest absolute Gasteiger partial charge is 0.159 e. The van der Waals surface area contributed by atoms with Gasteiger partial charge >= 0.3 is 0 Å². The van der Waals surface area contributed by atoms with Gasteiger partial charge in [0.05, 0.1) is 29.6 Å². The summed E-state index contributed by atoms with van der Waals surface area (Å²) < 4.78 is 12.6. The van der Waals surface area contributed by atoms with Crippen molar-refractivity contribution in [3.05, 3.63) is 16.4 Å². The molecular formula is C12H20ClN3O2. The molecule has 1 fully saturated rings. The van der Waals surface area contributed by atoms with Gasteiger partial charge in [0.2, 0.25) is 0 Å². The predicted molar refractivity (Wildman–Crippen MR) is 69.6 cm³/mol. The molecule has 0 spiro atoms. The zero-order chi connectivity index (χ0) is 13.1. The maximum atomic E-state index is 6.29. The minimum atomic E-state index is -0.169. The summed E-state index contributed by atoms with van der Waals surface area (Å²) in [6.45, 7) is 3.35. The molecule has 1 atom stereocenters. The van der Waals surface area contributed by atoms with Gasteiger partial charge in [0, 0.05) is 25.9 Å². The van der Waals surface area contributed by atoms with Crippen molar-refractivity contribution >= 4 is 11.6 Å². The van der Waals surface area contributed by atoms with Gasteiger partial charge in [-0.25, -0.2) is 0 Å². The molecule has 1 aromatic rings. The molecule has 2 N–H and O–H groups in total. The molecule has 6 heteroatoms. The number of aromatic nitrogens is 2. The van der Waals surface area contributed by atoms with Gasteiger partial charge in [-0.05, 0) is 6.42 Å². The van der Waals surface area contributed by atoms with Crippen LogP contribution >= 0.6 is 11.6 Å². The average Bonchev–Trinajstić information content (AvgIpc) is 2.92. The number of nitrogens with two attached hydrogens (primary N) is 1. The lowest BCUT2D eigenvalue weighted by Crippen LogP contribution is -2.29. The second-order valence-electron chi connectivity index (χ2n) is 4.56. The fourth-order valence-corrected chi connectivity index (χ4v) is 2.53. The van der Waals surface area contributed by atoms with E-state index in [1.165, 1.54) is 0 Å². The van der Waals surface area contributed by atoms with Gasteiger partial charge in [-0.15, -0.1) is 0 Å². The van der Waals surface area contributed by atoms with Crippen LogP contribution in [0.15, 0.2) is 0 Å². The van der Waals surface area contributed by atoms with Gasteiger partial charge in [-0.1, -0.05) is 18.5 Å². The Balaban J connectivity index is 1.97. The van der Waals surface area contributed by atoms with E-state index >= 15 is 0 Å². The van der Waals surface area contributed by atoms with E-state index in [1.807, 2.05) is 18.7 Å². The van der Waals surface area contributed by atoms with Gasteiger partial charge in [-0.2, -0.15) is 5.10 Å². The zero-order valence-electron chi connectivity index (χ0n) is 10.9. The summed E-state index contributed by atoms with van der Waals surface area (Å²) in [6, 6.07) is -0.0364. The normalized spacial score (nSPS) is 18.4. The van der Waals surface area contributed by atoms with Gasteiger partial charge in [-0.3, -0.25) is 4.68 Å². The molecule has 0 bridgehead atoms. The molecule has 18 heavy (non-hydrogen) atoms. The van der Waals surface area contributed by atoms with E-state index in [4.69, 9.17) is 26.8 Å². The van der Waals surface area contributed by atoms with Crippen molar-refractivity contribution < 1.29 is 9.47 Å². The van der Waals surface area contributed by atoms with Crippen molar-refractivity contribution in [2.24, 2.45) is 12.8 Å². The van der Waals surface area contributed by atoms with Crippen LogP contribution in [0.4, 0.5) is 0 Å². The van der Waals surface area contributed by atoms with Crippen molar-refractivity contribution in [1.29, 1.82) is 0 Å². The molecule has 0 radical (unpaired) electrons. The highest BCUT2D eigenvalue weighted by Crippen LogP contribution is 2.23. The maximum absolute atomic E-state index is 6.29. The van der Waals surface area contributed by atoms with Crippen LogP contribution in [0.2, 0.25) is 5.02 Å². The Morgan fingerprint density at radius 3 is 2.72 bits per heavy atom. The molecule has 0 aliphatic carbocycles. The van der Waals surface area contributed by atoms with Crippen LogP contribution in [0.1, 0.15) is 24.7 Å². The third kappa shape index (κ3) is 3.03. The van der Waals surface area contributed by atoms with E-state index in [0.29, 0.717) is 26.1 Å². The number of rotatable bonds is 5. The number of hydrogen-bond acceptors (Lipinski definition) is 4. The molecule has 0 amide bonds. The molecule has 1 saturated heterocycles. The Bertz CT molecular complexity index is 402. The summed E-state index contributed by atoms with van der Waals surface area (Å²) in [7, 11) is 1.90. The Labute approximate surface area is 112 Å². The van der Waals surface area contributed by atoms with Crippen molar-refractivity contribution in [3.63, 3.8) is 0 Å². The van der Waals surface area contributed by atoms with Crippen LogP contribution < -0.4 is 5.73 Å². The van der Waals surface area contributed by atoms with Crippen LogP contribution in [0.5, 0.6) is 0 Å². The standard InChI is InChI=1S/C12H20ClN3O2/c1-3-9-12(13)10(16(2)15-9)6-8(14)7-11-17-4-5-18-11/h8,11H,3-7,14H2,1-2H3. The first-order valence-electron chi connectivity index (χ1n) is 6.30. The summed E-state index contributed by atoms with van der Waals surface area (Å²) >= 11 is 6.29. The first-order chi connectivity index (χ1) is 8.61. The molecule has 0 aromatic carbocycles. The van der Waals surface area contributed by atoms with Crippen molar-refractivity contribution in [2.75, 3.05) is 13.2 Å². The molecule has 1 aliphatic rings. The van der Waals surface area contributed by atoms with Gasteiger partial charge in [0.1, 0.15) is 0 Å². The summed E-state index contributed by atoms with van der Waals surface area (Å²) in [6.07, 6.45) is 2.03. The number of hydrogen-bond donors (Lipinski definition) is 1. The van der Waals surface area contributed by atoms with Crippen molar-refractivity contribution in [3.8, 4) is 0 Å². The highest BCUT2D eigenvalue weighted by Gasteiger charge is 2.22. The fraction of sp³-hybridized carbons (Fsp3) is 0.750. The summed E-state index contributed by atoms with van der Waals surface area (Å²) in [4.78, 5) is 0. The van der Waals surface area contributed by atoms with E-state index in [-0.39, 0.29) is 12.3 Å². The lowest BCUT2D eigenvalue weighted by Gasteiger charge is -2.15. The highest BCUT2D eigenvalue weighted by atomic mass is 35.5. The summed E-state index contributed by atoms with van der Waals surface area (Å²) in [5, 5.41) is 5.12. The lowest BCUT2D eigenvalue weighted by molar-refractivity contribution is -0.0505. The number of nitrogens with zero attached hydrogens (tertiary/aromatic N) is 2. The molecule has 0 saturated carbocycles. The number of halogens is 1. The van der Waals surface area contributed by atoms with Crippen LogP contribution in [-0.4, -0.2) is 35.3 Å². The van der Waals surface area contributed by atoms with Crippen LogP contribution in [0.3, 0.4) is 0 Å². The van der Waals surface area contributed by atoms with Crippen LogP contribution in [0, 0.1) is 0 Å². The Morgan fingerprint density at radius 1 is 1.50 bits per heavy atom. The third-order valence-electron chi connectivity index (χ3n) is 3.14. The monoisotopic (exact) mass is 273 g/mol. The van der Waals surface area contributed by atoms with E-state index in [1.54, 1.807) is 0 Å². The van der Waals surface area contributed by atoms with E-state index in [0.717, 1.165) is 22.8 Å². The molecule has 1 aromatic heterocycles. The van der Waals surface area contributed by atoms with Crippen molar-refractivity contribution in [1.82, 2.24) is 9.78 Å². The highest BCUT2D eigenvalue weighted by molar-refractivity contribution is 6.31. The second-order valence-corrected chi connectivity index (χ2v) is 4.93. The molecule has 1 aliphatic heterocycles. The Kier molecular flexibility index (Phi) is 4.61. The van der Waals surface area contributed by atoms with Gasteiger partial charge < -0.3 is 15.2 Å². The van der Waals surface area contributed by atoms with E-state index in [9.17, 15) is 0 Å². The van der Waals surface area contributed by atoms with Crippen LogP contribution in [-0.2, 0) is 29.4 Å². The maximum Gasteiger partial charge on any atom is 0.159 e. The number of aryl methyl sites for hydroxylation is 2. The first-order valence-corrected chi connectivity index (χ1v) is 6.68. The minimum absolute atomic E-state index is 0.0364. The Hall–Kier alpha value is -0.620. The molecular weight excluding hydrogens is 254 g/mol. The minimum Gasteiger partial charge on any atom is -0.350 e. The molecule has 2 heterocycles. The molecule has 5 nitrogen and oxygen atoms in total. The average molecular weight is 274 g/mol. The summed E-state index contributed by atoms with van der Waals surface area (Å²) in [5.74, 6) is 0. The Morgan fingerprint density at radius 2 is 2.17 bits per heavy atom. The second kappa shape index (κ2) is 6.02. The topological polar surface area (TPSA) is 62.3 Å². The van der Waals surface area contributed by atoms with Gasteiger partial charge in [0.25, 0.3) is 0 Å². The van der Waals surface area contributed by atoms with Crippen molar-refractivity contribution in [2.45, 2.75) is 38.5 Å². The number of ether oxygens (including phenoxy) is 2.